The molecule has 4 rings (SSSR count). The SMILES string of the molecule is COc1ccc(/C=C/C(=O)N2CCc3nc(NC(=O)c4cc(C)on4)sc3C2)cc1OC. The third-order valence-electron chi connectivity index (χ3n) is 4.95. The van der Waals surface area contributed by atoms with E-state index in [0.29, 0.717) is 41.9 Å². The van der Waals surface area contributed by atoms with Crippen molar-refractivity contribution in [2.24, 2.45) is 0 Å². The number of carbonyl (C=O) groups excluding carboxylic acids is 2. The average Bonchev–Trinajstić information content (AvgIpc) is 3.42. The van der Waals surface area contributed by atoms with Gasteiger partial charge >= 0.3 is 0 Å². The first kappa shape index (κ1) is 21.6. The van der Waals surface area contributed by atoms with Crippen molar-refractivity contribution in [3.05, 3.63) is 57.9 Å². The fourth-order valence-electron chi connectivity index (χ4n) is 3.30. The summed E-state index contributed by atoms with van der Waals surface area (Å²) in [4.78, 5) is 32.2. The van der Waals surface area contributed by atoms with Crippen molar-refractivity contribution < 1.29 is 23.6 Å². The summed E-state index contributed by atoms with van der Waals surface area (Å²) in [5.74, 6) is 1.32. The van der Waals surface area contributed by atoms with Gasteiger partial charge in [0.05, 0.1) is 26.5 Å². The number of ether oxygens (including phenoxy) is 2. The van der Waals surface area contributed by atoms with E-state index in [-0.39, 0.29) is 17.5 Å². The second-order valence-electron chi connectivity index (χ2n) is 7.12. The van der Waals surface area contributed by atoms with E-state index in [1.807, 2.05) is 12.1 Å². The summed E-state index contributed by atoms with van der Waals surface area (Å²) in [6.45, 7) is 2.72. The third-order valence-corrected chi connectivity index (χ3v) is 5.95. The van der Waals surface area contributed by atoms with Gasteiger partial charge in [-0.05, 0) is 30.7 Å². The predicted octanol–water partition coefficient (Wildman–Crippen LogP) is 3.31. The number of anilines is 1. The smallest absolute Gasteiger partial charge is 0.279 e. The Balaban J connectivity index is 1.40. The van der Waals surface area contributed by atoms with E-state index in [1.54, 1.807) is 50.3 Å². The molecule has 0 radical (unpaired) electrons. The molecule has 10 heteroatoms. The Hall–Kier alpha value is -3.66. The van der Waals surface area contributed by atoms with Crippen LogP contribution in [0.2, 0.25) is 0 Å². The first-order valence-electron chi connectivity index (χ1n) is 9.89. The lowest BCUT2D eigenvalue weighted by molar-refractivity contribution is -0.126. The zero-order valence-corrected chi connectivity index (χ0v) is 18.7. The van der Waals surface area contributed by atoms with Gasteiger partial charge in [-0.25, -0.2) is 4.98 Å². The highest BCUT2D eigenvalue weighted by molar-refractivity contribution is 7.15. The Kier molecular flexibility index (Phi) is 6.22. The van der Waals surface area contributed by atoms with Crippen molar-refractivity contribution in [3.8, 4) is 11.5 Å². The second kappa shape index (κ2) is 9.23. The number of benzene rings is 1. The van der Waals surface area contributed by atoms with Crippen molar-refractivity contribution in [2.75, 3.05) is 26.1 Å². The molecule has 0 atom stereocenters. The van der Waals surface area contributed by atoms with Crippen LogP contribution in [-0.2, 0) is 17.8 Å². The maximum absolute atomic E-state index is 12.7. The maximum atomic E-state index is 12.7. The number of carbonyl (C=O) groups is 2. The van der Waals surface area contributed by atoms with Crippen molar-refractivity contribution in [3.63, 3.8) is 0 Å². The number of amides is 2. The molecule has 0 aliphatic carbocycles. The van der Waals surface area contributed by atoms with E-state index in [1.165, 1.54) is 11.3 Å². The normalized spacial score (nSPS) is 13.2. The molecule has 2 amide bonds. The second-order valence-corrected chi connectivity index (χ2v) is 8.21. The lowest BCUT2D eigenvalue weighted by atomic mass is 10.1. The van der Waals surface area contributed by atoms with Crippen molar-refractivity contribution in [1.29, 1.82) is 0 Å². The largest absolute Gasteiger partial charge is 0.493 e. The molecular formula is C22H22N4O5S. The molecule has 3 aromatic rings. The van der Waals surface area contributed by atoms with Crippen LogP contribution in [0.3, 0.4) is 0 Å². The lowest BCUT2D eigenvalue weighted by Gasteiger charge is -2.24. The molecular weight excluding hydrogens is 432 g/mol. The van der Waals surface area contributed by atoms with Crippen molar-refractivity contribution in [2.45, 2.75) is 19.9 Å². The quantitative estimate of drug-likeness (QED) is 0.570. The summed E-state index contributed by atoms with van der Waals surface area (Å²) >= 11 is 1.36. The van der Waals surface area contributed by atoms with Crippen LogP contribution < -0.4 is 14.8 Å². The van der Waals surface area contributed by atoms with Crippen LogP contribution in [0.1, 0.15) is 32.4 Å². The number of hydrogen-bond donors (Lipinski definition) is 1. The summed E-state index contributed by atoms with van der Waals surface area (Å²) in [5, 5.41) is 6.94. The monoisotopic (exact) mass is 454 g/mol. The molecule has 1 aliphatic heterocycles. The van der Waals surface area contributed by atoms with E-state index in [0.717, 1.165) is 16.1 Å². The zero-order valence-electron chi connectivity index (χ0n) is 17.9. The number of aryl methyl sites for hydroxylation is 1. The molecule has 1 aromatic carbocycles. The molecule has 0 unspecified atom stereocenters. The van der Waals surface area contributed by atoms with E-state index < -0.39 is 0 Å². The van der Waals surface area contributed by atoms with Crippen LogP contribution in [0.15, 0.2) is 34.9 Å². The van der Waals surface area contributed by atoms with Crippen LogP contribution in [0, 0.1) is 6.92 Å². The number of fused-ring (bicyclic) bond motifs is 1. The van der Waals surface area contributed by atoms with Crippen molar-refractivity contribution >= 4 is 34.4 Å². The molecule has 32 heavy (non-hydrogen) atoms. The van der Waals surface area contributed by atoms with Gasteiger partial charge in [0.1, 0.15) is 5.76 Å². The fourth-order valence-corrected chi connectivity index (χ4v) is 4.32. The minimum absolute atomic E-state index is 0.0949. The van der Waals surface area contributed by atoms with Crippen LogP contribution >= 0.6 is 11.3 Å². The van der Waals surface area contributed by atoms with Crippen LogP contribution in [0.4, 0.5) is 5.13 Å². The molecule has 1 aliphatic rings. The van der Waals surface area contributed by atoms with Crippen LogP contribution in [-0.4, -0.2) is 47.6 Å². The molecule has 0 spiro atoms. The van der Waals surface area contributed by atoms with Crippen molar-refractivity contribution in [1.82, 2.24) is 15.0 Å². The molecule has 0 saturated carbocycles. The predicted molar refractivity (Wildman–Crippen MR) is 119 cm³/mol. The molecule has 0 saturated heterocycles. The molecule has 0 fully saturated rings. The number of thiazole rings is 1. The third kappa shape index (κ3) is 4.65. The lowest BCUT2D eigenvalue weighted by Crippen LogP contribution is -2.34. The number of hydrogen-bond acceptors (Lipinski definition) is 8. The van der Waals surface area contributed by atoms with Gasteiger partial charge in [0.25, 0.3) is 5.91 Å². The number of rotatable bonds is 6. The number of aromatic nitrogens is 2. The summed E-state index contributed by atoms with van der Waals surface area (Å²) < 4.78 is 15.5. The Morgan fingerprint density at radius 3 is 2.75 bits per heavy atom. The number of methoxy groups -OCH3 is 2. The Labute approximate surface area is 188 Å². The maximum Gasteiger partial charge on any atom is 0.279 e. The van der Waals surface area contributed by atoms with Gasteiger partial charge in [0.15, 0.2) is 22.3 Å². The summed E-state index contributed by atoms with van der Waals surface area (Å²) in [7, 11) is 3.15. The summed E-state index contributed by atoms with van der Waals surface area (Å²) in [6, 6.07) is 7.02. The van der Waals surface area contributed by atoms with E-state index >= 15 is 0 Å². The first-order chi connectivity index (χ1) is 15.5. The molecule has 3 heterocycles. The number of nitrogens with zero attached hydrogens (tertiary/aromatic N) is 3. The van der Waals surface area contributed by atoms with Gasteiger partial charge in [-0.15, -0.1) is 0 Å². The average molecular weight is 455 g/mol. The standard InChI is InChI=1S/C22H22N4O5S/c1-13-10-16(25-31-13)21(28)24-22-23-15-8-9-26(12-19(15)32-22)20(27)7-5-14-4-6-17(29-2)18(11-14)30-3/h4-7,10-11H,8-9,12H2,1-3H3,(H,23,24,28)/b7-5+. The minimum Gasteiger partial charge on any atom is -0.493 e. The Bertz CT molecular complexity index is 1180. The number of nitrogens with one attached hydrogen (secondary N) is 1. The Morgan fingerprint density at radius 1 is 1.22 bits per heavy atom. The van der Waals surface area contributed by atoms with E-state index in [2.05, 4.69) is 15.5 Å². The van der Waals surface area contributed by atoms with Gasteiger partial charge < -0.3 is 18.9 Å². The molecule has 9 nitrogen and oxygen atoms in total. The van der Waals surface area contributed by atoms with Crippen LogP contribution in [0.25, 0.3) is 6.08 Å². The highest BCUT2D eigenvalue weighted by Gasteiger charge is 2.24. The van der Waals surface area contributed by atoms with Crippen LogP contribution in [0.5, 0.6) is 11.5 Å². The first-order valence-corrected chi connectivity index (χ1v) is 10.7. The van der Waals surface area contributed by atoms with E-state index in [9.17, 15) is 9.59 Å². The molecule has 0 bridgehead atoms. The van der Waals surface area contributed by atoms with Gasteiger partial charge in [0, 0.05) is 30.0 Å². The molecule has 166 valence electrons. The topological polar surface area (TPSA) is 107 Å². The van der Waals surface area contributed by atoms with Gasteiger partial charge in [-0.2, -0.15) is 0 Å². The van der Waals surface area contributed by atoms with E-state index in [4.69, 9.17) is 14.0 Å². The minimum atomic E-state index is -0.376. The summed E-state index contributed by atoms with van der Waals surface area (Å²) in [6.07, 6.45) is 3.92. The van der Waals surface area contributed by atoms with Gasteiger partial charge in [-0.3, -0.25) is 14.9 Å². The van der Waals surface area contributed by atoms with Gasteiger partial charge in [-0.1, -0.05) is 22.6 Å². The molecule has 2 aromatic heterocycles. The highest BCUT2D eigenvalue weighted by Crippen LogP contribution is 2.30. The highest BCUT2D eigenvalue weighted by atomic mass is 32.1. The van der Waals surface area contributed by atoms with Gasteiger partial charge in [0.2, 0.25) is 5.91 Å². The molecule has 1 N–H and O–H groups in total. The zero-order chi connectivity index (χ0) is 22.7. The fraction of sp³-hybridized carbons (Fsp3) is 0.273. The Morgan fingerprint density at radius 2 is 2.03 bits per heavy atom. The summed E-state index contributed by atoms with van der Waals surface area (Å²) in [5.41, 5.74) is 1.93.